The summed E-state index contributed by atoms with van der Waals surface area (Å²) in [6.07, 6.45) is -9.30. The summed E-state index contributed by atoms with van der Waals surface area (Å²) >= 11 is 0. The Balaban J connectivity index is 1.61. The molecule has 0 aliphatic carbocycles. The summed E-state index contributed by atoms with van der Waals surface area (Å²) in [6.45, 7) is -1.70. The molecule has 196 valence electrons. The molecule has 0 saturated carbocycles. The van der Waals surface area contributed by atoms with E-state index in [4.69, 9.17) is 0 Å². The number of anilines is 3. The van der Waals surface area contributed by atoms with Crippen molar-refractivity contribution in [1.29, 1.82) is 0 Å². The predicted molar refractivity (Wildman–Crippen MR) is 126 cm³/mol. The highest BCUT2D eigenvalue weighted by molar-refractivity contribution is 6.04. The van der Waals surface area contributed by atoms with Crippen LogP contribution in [0.3, 0.4) is 0 Å². The van der Waals surface area contributed by atoms with Gasteiger partial charge in [-0.05, 0) is 42.5 Å². The lowest BCUT2D eigenvalue weighted by Gasteiger charge is -2.12. The minimum atomic E-state index is -4.69. The molecule has 7 nitrogen and oxygen atoms in total. The van der Waals surface area contributed by atoms with Crippen LogP contribution in [0.1, 0.15) is 15.9 Å². The number of benzene rings is 3. The van der Waals surface area contributed by atoms with Gasteiger partial charge in [0, 0.05) is 22.5 Å². The number of carbonyl (C=O) groups is 1. The largest absolute Gasteiger partial charge is 0.454 e. The number of rotatable bonds is 7. The summed E-state index contributed by atoms with van der Waals surface area (Å²) in [7, 11) is 0. The highest BCUT2D eigenvalue weighted by Crippen LogP contribution is 2.31. The summed E-state index contributed by atoms with van der Waals surface area (Å²) in [4.78, 5) is 24.2. The number of alkyl halides is 6. The molecule has 1 heterocycles. The van der Waals surface area contributed by atoms with Crippen LogP contribution in [-0.2, 0) is 6.18 Å². The molecule has 0 atom stereocenters. The normalized spacial score (nSPS) is 11.6. The van der Waals surface area contributed by atoms with Crippen LogP contribution >= 0.6 is 0 Å². The van der Waals surface area contributed by atoms with Gasteiger partial charge in [0.15, 0.2) is 12.4 Å². The number of para-hydroxylation sites is 1. The van der Waals surface area contributed by atoms with Crippen LogP contribution < -0.4 is 15.4 Å². The molecule has 13 heteroatoms. The fourth-order valence-corrected chi connectivity index (χ4v) is 3.15. The minimum absolute atomic E-state index is 0.0633. The lowest BCUT2D eigenvalue weighted by molar-refractivity contribution is -0.154. The number of aromatic nitrogens is 3. The number of hydrogen-bond acceptors (Lipinski definition) is 6. The molecule has 0 aliphatic rings. The number of amides is 1. The van der Waals surface area contributed by atoms with Gasteiger partial charge in [0.1, 0.15) is 0 Å². The zero-order valence-corrected chi connectivity index (χ0v) is 19.1. The summed E-state index contributed by atoms with van der Waals surface area (Å²) in [6, 6.07) is 17.9. The first-order valence-corrected chi connectivity index (χ1v) is 10.8. The van der Waals surface area contributed by atoms with Crippen molar-refractivity contribution in [3.05, 3.63) is 90.0 Å². The first kappa shape index (κ1) is 26.4. The molecular formula is C25H17F6N5O2. The van der Waals surface area contributed by atoms with E-state index in [0.717, 1.165) is 18.2 Å². The second-order valence-electron chi connectivity index (χ2n) is 7.77. The third-order valence-electron chi connectivity index (χ3n) is 4.86. The van der Waals surface area contributed by atoms with Crippen molar-refractivity contribution < 1.29 is 35.9 Å². The van der Waals surface area contributed by atoms with E-state index < -0.39 is 36.4 Å². The fraction of sp³-hybridized carbons (Fsp3) is 0.120. The van der Waals surface area contributed by atoms with Crippen molar-refractivity contribution in [2.24, 2.45) is 0 Å². The molecule has 0 radical (unpaired) electrons. The van der Waals surface area contributed by atoms with E-state index in [1.54, 1.807) is 30.3 Å². The van der Waals surface area contributed by atoms with Gasteiger partial charge in [-0.2, -0.15) is 41.3 Å². The van der Waals surface area contributed by atoms with Gasteiger partial charge in [0.25, 0.3) is 5.91 Å². The highest BCUT2D eigenvalue weighted by atomic mass is 19.4. The number of halogens is 6. The number of nitrogens with one attached hydrogen (secondary N) is 2. The van der Waals surface area contributed by atoms with E-state index in [2.05, 4.69) is 30.3 Å². The molecule has 0 bridgehead atoms. The zero-order valence-electron chi connectivity index (χ0n) is 19.1. The van der Waals surface area contributed by atoms with Crippen molar-refractivity contribution in [2.45, 2.75) is 12.4 Å². The molecule has 4 rings (SSSR count). The maximum atomic E-state index is 13.1. The predicted octanol–water partition coefficient (Wildman–Crippen LogP) is 6.49. The lowest BCUT2D eigenvalue weighted by Crippen LogP contribution is -2.20. The first-order valence-electron chi connectivity index (χ1n) is 10.8. The SMILES string of the molecule is O=C(Nc1ccccc1)c1ccc(-c2nc(Nc3cccc(C(F)(F)F)c3)nc(OCC(F)(F)F)n2)cc1. The number of carbonyl (C=O) groups excluding carboxylic acids is 1. The van der Waals surface area contributed by atoms with Crippen LogP contribution in [0.15, 0.2) is 78.9 Å². The van der Waals surface area contributed by atoms with Crippen molar-refractivity contribution in [2.75, 3.05) is 17.2 Å². The van der Waals surface area contributed by atoms with Crippen LogP contribution in [-0.4, -0.2) is 33.6 Å². The molecule has 0 aliphatic heterocycles. The average molecular weight is 533 g/mol. The Bertz CT molecular complexity index is 1410. The van der Waals surface area contributed by atoms with Gasteiger partial charge in [-0.3, -0.25) is 4.79 Å². The Kier molecular flexibility index (Phi) is 7.46. The van der Waals surface area contributed by atoms with E-state index in [9.17, 15) is 31.1 Å². The van der Waals surface area contributed by atoms with Gasteiger partial charge < -0.3 is 15.4 Å². The fourth-order valence-electron chi connectivity index (χ4n) is 3.15. The third kappa shape index (κ3) is 7.18. The molecule has 38 heavy (non-hydrogen) atoms. The Morgan fingerprint density at radius 1 is 0.789 bits per heavy atom. The number of nitrogens with zero attached hydrogens (tertiary/aromatic N) is 3. The average Bonchev–Trinajstić information content (AvgIpc) is 2.87. The van der Waals surface area contributed by atoms with Gasteiger partial charge >= 0.3 is 18.4 Å². The van der Waals surface area contributed by atoms with Gasteiger partial charge in [0.2, 0.25) is 5.95 Å². The number of hydrogen-bond donors (Lipinski definition) is 2. The van der Waals surface area contributed by atoms with Crippen molar-refractivity contribution in [1.82, 2.24) is 15.0 Å². The second kappa shape index (κ2) is 10.7. The van der Waals surface area contributed by atoms with Crippen LogP contribution in [0.2, 0.25) is 0 Å². The summed E-state index contributed by atoms with van der Waals surface area (Å²) < 4.78 is 81.9. The van der Waals surface area contributed by atoms with Crippen molar-refractivity contribution in [3.8, 4) is 17.4 Å². The molecule has 2 N–H and O–H groups in total. The van der Waals surface area contributed by atoms with E-state index in [-0.39, 0.29) is 28.6 Å². The maximum absolute atomic E-state index is 13.1. The summed E-state index contributed by atoms with van der Waals surface area (Å²) in [5.74, 6) is -0.890. The van der Waals surface area contributed by atoms with E-state index >= 15 is 0 Å². The Morgan fingerprint density at radius 2 is 1.47 bits per heavy atom. The van der Waals surface area contributed by atoms with Crippen molar-refractivity contribution in [3.63, 3.8) is 0 Å². The summed E-state index contributed by atoms with van der Waals surface area (Å²) in [5.41, 5.74) is 0.132. The molecule has 1 amide bonds. The van der Waals surface area contributed by atoms with Crippen LogP contribution in [0, 0.1) is 0 Å². The maximum Gasteiger partial charge on any atom is 0.422 e. The summed E-state index contributed by atoms with van der Waals surface area (Å²) in [5, 5.41) is 5.25. The standard InChI is InChI=1S/C25H17F6N5O2/c26-24(27,28)14-38-23-35-20(34-22(36-23)33-19-8-4-5-17(13-19)25(29,30)31)15-9-11-16(12-10-15)21(37)32-18-6-2-1-3-7-18/h1-13H,14H2,(H,32,37)(H,33,34,35,36). The number of ether oxygens (including phenoxy) is 1. The van der Waals surface area contributed by atoms with Gasteiger partial charge in [-0.25, -0.2) is 0 Å². The third-order valence-corrected chi connectivity index (χ3v) is 4.86. The molecular weight excluding hydrogens is 516 g/mol. The van der Waals surface area contributed by atoms with E-state index in [1.807, 2.05) is 0 Å². The van der Waals surface area contributed by atoms with E-state index in [0.29, 0.717) is 5.69 Å². The monoisotopic (exact) mass is 533 g/mol. The smallest absolute Gasteiger partial charge is 0.422 e. The molecule has 3 aromatic carbocycles. The Morgan fingerprint density at radius 3 is 2.13 bits per heavy atom. The van der Waals surface area contributed by atoms with Crippen molar-refractivity contribution >= 4 is 23.2 Å². The Hall–Kier alpha value is -4.68. The quantitative estimate of drug-likeness (QED) is 0.264. The topological polar surface area (TPSA) is 89.0 Å². The molecule has 0 saturated heterocycles. The van der Waals surface area contributed by atoms with Gasteiger partial charge in [-0.15, -0.1) is 0 Å². The Labute approximate surface area is 211 Å². The molecule has 0 spiro atoms. The molecule has 0 fully saturated rings. The molecule has 0 unspecified atom stereocenters. The first-order chi connectivity index (χ1) is 18.0. The zero-order chi connectivity index (χ0) is 27.3. The van der Waals surface area contributed by atoms with Gasteiger partial charge in [0.05, 0.1) is 5.56 Å². The molecule has 1 aromatic heterocycles. The van der Waals surface area contributed by atoms with Crippen LogP contribution in [0.25, 0.3) is 11.4 Å². The van der Waals surface area contributed by atoms with E-state index in [1.165, 1.54) is 30.3 Å². The van der Waals surface area contributed by atoms with Crippen LogP contribution in [0.5, 0.6) is 6.01 Å². The second-order valence-corrected chi connectivity index (χ2v) is 7.77. The lowest BCUT2D eigenvalue weighted by atomic mass is 10.1. The van der Waals surface area contributed by atoms with Gasteiger partial charge in [-0.1, -0.05) is 36.4 Å². The van der Waals surface area contributed by atoms with Crippen LogP contribution in [0.4, 0.5) is 43.7 Å². The highest BCUT2D eigenvalue weighted by Gasteiger charge is 2.31. The minimum Gasteiger partial charge on any atom is -0.454 e. The molecule has 4 aromatic rings.